The van der Waals surface area contributed by atoms with Crippen LogP contribution in [0.3, 0.4) is 0 Å². The zero-order valence-electron chi connectivity index (χ0n) is 15.8. The molecule has 1 aliphatic rings. The summed E-state index contributed by atoms with van der Waals surface area (Å²) in [6.07, 6.45) is 0.405. The lowest BCUT2D eigenvalue weighted by Gasteiger charge is -2.22. The third-order valence-electron chi connectivity index (χ3n) is 3.81. The van der Waals surface area contributed by atoms with E-state index < -0.39 is 46.8 Å². The molecule has 1 aliphatic heterocycles. The maximum Gasteiger partial charge on any atom is 0.351 e. The minimum atomic E-state index is -1.03. The Balaban J connectivity index is 2.46. The summed E-state index contributed by atoms with van der Waals surface area (Å²) in [4.78, 5) is 51.6. The van der Waals surface area contributed by atoms with Crippen LogP contribution >= 0.6 is 31.9 Å². The van der Waals surface area contributed by atoms with Gasteiger partial charge in [-0.2, -0.15) is 4.98 Å². The van der Waals surface area contributed by atoms with E-state index in [2.05, 4.69) is 42.2 Å². The van der Waals surface area contributed by atoms with Crippen molar-refractivity contribution in [2.24, 2.45) is 0 Å². The Labute approximate surface area is 182 Å². The van der Waals surface area contributed by atoms with E-state index in [4.69, 9.17) is 14.2 Å². The van der Waals surface area contributed by atoms with E-state index >= 15 is 0 Å². The second-order valence-electron chi connectivity index (χ2n) is 6.09. The lowest BCUT2D eigenvalue weighted by atomic mass is 10.2. The average molecular weight is 537 g/mol. The summed E-state index contributed by atoms with van der Waals surface area (Å²) in [6, 6.07) is 0. The number of nitrogens with one attached hydrogen (secondary N) is 1. The first-order valence-corrected chi connectivity index (χ1v) is 10.2. The zero-order valence-corrected chi connectivity index (χ0v) is 18.9. The molecule has 1 saturated heterocycles. The van der Waals surface area contributed by atoms with Gasteiger partial charge in [0.1, 0.15) is 18.5 Å². The fourth-order valence-corrected chi connectivity index (χ4v) is 3.62. The second kappa shape index (κ2) is 10.1. The van der Waals surface area contributed by atoms with Crippen molar-refractivity contribution in [3.63, 3.8) is 0 Å². The van der Waals surface area contributed by atoms with E-state index in [0.717, 1.165) is 4.57 Å². The number of carbonyl (C=O) groups is 3. The van der Waals surface area contributed by atoms with Crippen LogP contribution in [0, 0.1) is 0 Å². The van der Waals surface area contributed by atoms with Gasteiger partial charge in [-0.1, -0.05) is 31.9 Å². The Bertz CT molecular complexity index is 886. The van der Waals surface area contributed by atoms with E-state index in [0.29, 0.717) is 5.56 Å². The van der Waals surface area contributed by atoms with Crippen LogP contribution in [0.5, 0.6) is 0 Å². The number of carbonyl (C=O) groups excluding carboxylic acids is 3. The van der Waals surface area contributed by atoms with Crippen LogP contribution in [-0.4, -0.2) is 51.0 Å². The highest BCUT2D eigenvalue weighted by Crippen LogP contribution is 2.36. The standard InChI is InChI=1S/C17H19Br2N3O7/c1-8(23)20-15-11(4-5-18)6-22(17(26)21-15)16-14(28-10(3)25)13(19)12(29-16)7-27-9(2)24/h4-6,12-14,16H,7H2,1-3H3,(H,20,21,23,26)/t12-,13+,14-,16-/m1/s1. The van der Waals surface area contributed by atoms with Crippen molar-refractivity contribution in [1.82, 2.24) is 9.55 Å². The number of aromatic nitrogens is 2. The van der Waals surface area contributed by atoms with Crippen molar-refractivity contribution < 1.29 is 28.6 Å². The van der Waals surface area contributed by atoms with Gasteiger partial charge in [0.05, 0.1) is 4.83 Å². The Kier molecular flexibility index (Phi) is 8.11. The first-order chi connectivity index (χ1) is 13.6. The number of alkyl halides is 1. The van der Waals surface area contributed by atoms with Crippen LogP contribution in [0.2, 0.25) is 0 Å². The molecule has 29 heavy (non-hydrogen) atoms. The molecule has 0 aliphatic carbocycles. The molecule has 2 heterocycles. The molecular weight excluding hydrogens is 518 g/mol. The number of esters is 2. The number of anilines is 1. The summed E-state index contributed by atoms with van der Waals surface area (Å²) in [6.45, 7) is 3.68. The first kappa shape index (κ1) is 23.2. The number of ether oxygens (including phenoxy) is 3. The first-order valence-electron chi connectivity index (χ1n) is 8.41. The summed E-state index contributed by atoms with van der Waals surface area (Å²) in [5, 5.41) is 2.48. The molecule has 10 nitrogen and oxygen atoms in total. The van der Waals surface area contributed by atoms with Gasteiger partial charge in [-0.05, 0) is 11.1 Å². The Morgan fingerprint density at radius 3 is 2.55 bits per heavy atom. The number of amides is 1. The minimum absolute atomic E-state index is 0.0725. The van der Waals surface area contributed by atoms with Gasteiger partial charge in [-0.25, -0.2) is 4.79 Å². The zero-order chi connectivity index (χ0) is 21.7. The van der Waals surface area contributed by atoms with Crippen molar-refractivity contribution in [2.45, 2.75) is 44.0 Å². The summed E-state index contributed by atoms with van der Waals surface area (Å²) in [5.74, 6) is -1.39. The third-order valence-corrected chi connectivity index (χ3v) is 5.18. The molecule has 0 spiro atoms. The molecule has 1 aromatic heterocycles. The number of hydrogen-bond donors (Lipinski definition) is 1. The maximum absolute atomic E-state index is 12.6. The number of halogens is 2. The predicted octanol–water partition coefficient (Wildman–Crippen LogP) is 1.72. The molecule has 2 rings (SSSR count). The van der Waals surface area contributed by atoms with Crippen LogP contribution in [-0.2, 0) is 28.6 Å². The highest BCUT2D eigenvalue weighted by Gasteiger charge is 2.47. The Morgan fingerprint density at radius 1 is 1.31 bits per heavy atom. The van der Waals surface area contributed by atoms with Gasteiger partial charge in [0.25, 0.3) is 0 Å². The molecule has 1 amide bonds. The van der Waals surface area contributed by atoms with Gasteiger partial charge in [0, 0.05) is 32.5 Å². The molecule has 12 heteroatoms. The van der Waals surface area contributed by atoms with Crippen LogP contribution in [0.25, 0.3) is 6.08 Å². The third kappa shape index (κ3) is 5.97. The molecule has 1 aromatic rings. The minimum Gasteiger partial charge on any atom is -0.463 e. The Hall–Kier alpha value is -2.05. The molecule has 0 radical (unpaired) electrons. The topological polar surface area (TPSA) is 126 Å². The lowest BCUT2D eigenvalue weighted by Crippen LogP contribution is -2.37. The van der Waals surface area contributed by atoms with E-state index in [1.807, 2.05) is 0 Å². The molecule has 0 saturated carbocycles. The summed E-state index contributed by atoms with van der Waals surface area (Å²) in [5.41, 5.74) is -0.313. The van der Waals surface area contributed by atoms with Crippen LogP contribution < -0.4 is 11.0 Å². The van der Waals surface area contributed by atoms with Gasteiger partial charge in [0.2, 0.25) is 5.91 Å². The van der Waals surface area contributed by atoms with Crippen LogP contribution in [0.1, 0.15) is 32.6 Å². The van der Waals surface area contributed by atoms with Crippen molar-refractivity contribution in [1.29, 1.82) is 0 Å². The number of nitrogens with zero attached hydrogens (tertiary/aromatic N) is 2. The van der Waals surface area contributed by atoms with Crippen molar-refractivity contribution in [3.8, 4) is 0 Å². The SMILES string of the molecule is CC(=O)Nc1nc(=O)n([C@@H]2O[C@H](COC(C)=O)[C@H](Br)[C@H]2OC(C)=O)cc1C=CBr. The average Bonchev–Trinajstić information content (AvgIpc) is 2.90. The normalized spacial score (nSPS) is 23.8. The lowest BCUT2D eigenvalue weighted by molar-refractivity contribution is -0.153. The molecule has 0 unspecified atom stereocenters. The highest BCUT2D eigenvalue weighted by atomic mass is 79.9. The van der Waals surface area contributed by atoms with Gasteiger partial charge in [-0.15, -0.1) is 0 Å². The van der Waals surface area contributed by atoms with Gasteiger partial charge in [0.15, 0.2) is 12.3 Å². The molecule has 1 N–H and O–H groups in total. The van der Waals surface area contributed by atoms with E-state index in [9.17, 15) is 19.2 Å². The van der Waals surface area contributed by atoms with Crippen LogP contribution in [0.15, 0.2) is 16.0 Å². The molecule has 158 valence electrons. The predicted molar refractivity (Wildman–Crippen MR) is 110 cm³/mol. The molecule has 4 atom stereocenters. The molecule has 0 bridgehead atoms. The highest BCUT2D eigenvalue weighted by molar-refractivity contribution is 9.11. The van der Waals surface area contributed by atoms with Gasteiger partial charge >= 0.3 is 17.6 Å². The van der Waals surface area contributed by atoms with Gasteiger partial charge in [-0.3, -0.25) is 19.0 Å². The van der Waals surface area contributed by atoms with E-state index in [1.54, 1.807) is 6.08 Å². The fourth-order valence-electron chi connectivity index (χ4n) is 2.69. The molecular formula is C17H19Br2N3O7. The summed E-state index contributed by atoms with van der Waals surface area (Å²) in [7, 11) is 0. The van der Waals surface area contributed by atoms with Crippen LogP contribution in [0.4, 0.5) is 5.82 Å². The van der Waals surface area contributed by atoms with Crippen molar-refractivity contribution >= 4 is 61.6 Å². The molecule has 1 fully saturated rings. The number of hydrogen-bond acceptors (Lipinski definition) is 8. The van der Waals surface area contributed by atoms with E-state index in [-0.39, 0.29) is 12.4 Å². The number of rotatable bonds is 6. The van der Waals surface area contributed by atoms with Gasteiger partial charge < -0.3 is 19.5 Å². The maximum atomic E-state index is 12.6. The Morgan fingerprint density at radius 2 is 2.00 bits per heavy atom. The molecule has 0 aromatic carbocycles. The summed E-state index contributed by atoms with van der Waals surface area (Å²) < 4.78 is 17.3. The smallest absolute Gasteiger partial charge is 0.351 e. The second-order valence-corrected chi connectivity index (χ2v) is 7.68. The van der Waals surface area contributed by atoms with Crippen molar-refractivity contribution in [3.05, 3.63) is 27.2 Å². The summed E-state index contributed by atoms with van der Waals surface area (Å²) >= 11 is 6.55. The quantitative estimate of drug-likeness (QED) is 0.430. The fraction of sp³-hybridized carbons (Fsp3) is 0.471. The monoisotopic (exact) mass is 535 g/mol. The van der Waals surface area contributed by atoms with E-state index in [1.165, 1.54) is 32.0 Å². The van der Waals surface area contributed by atoms with Crippen molar-refractivity contribution in [2.75, 3.05) is 11.9 Å². The largest absolute Gasteiger partial charge is 0.463 e.